The number of thiazole rings is 1. The van der Waals surface area contributed by atoms with Crippen LogP contribution >= 0.6 is 11.3 Å². The maximum atomic E-state index is 14.3. The number of hydrogen-bond donors (Lipinski definition) is 1. The van der Waals surface area contributed by atoms with Crippen LogP contribution in [-0.2, 0) is 14.3 Å². The lowest BCUT2D eigenvalue weighted by Crippen LogP contribution is -2.56. The number of carbonyl (C=O) groups is 4. The summed E-state index contributed by atoms with van der Waals surface area (Å²) in [6, 6.07) is 5.00. The number of benzene rings is 1. The van der Waals surface area contributed by atoms with Gasteiger partial charge >= 0.3 is 6.09 Å². The number of likely N-dealkylation sites (tertiary alicyclic amines) is 1. The van der Waals surface area contributed by atoms with E-state index in [1.54, 1.807) is 58.2 Å². The minimum absolute atomic E-state index is 0.00659. The van der Waals surface area contributed by atoms with E-state index in [9.17, 15) is 19.2 Å². The predicted molar refractivity (Wildman–Crippen MR) is 172 cm³/mol. The van der Waals surface area contributed by atoms with E-state index in [1.807, 2.05) is 4.90 Å². The molecule has 0 unspecified atom stereocenters. The Bertz CT molecular complexity index is 1420. The summed E-state index contributed by atoms with van der Waals surface area (Å²) in [6.07, 6.45) is 12.5. The fourth-order valence-electron chi connectivity index (χ4n) is 5.80. The molecule has 1 aromatic carbocycles. The highest BCUT2D eigenvalue weighted by Crippen LogP contribution is 2.37. The molecule has 3 amide bonds. The van der Waals surface area contributed by atoms with Gasteiger partial charge in [0.05, 0.1) is 10.9 Å². The number of nitrogens with zero attached hydrogens (tertiary/aromatic N) is 3. The van der Waals surface area contributed by atoms with Crippen LogP contribution in [0, 0.1) is 18.3 Å². The van der Waals surface area contributed by atoms with E-state index in [0.717, 1.165) is 38.5 Å². The van der Waals surface area contributed by atoms with Crippen molar-refractivity contribution in [3.05, 3.63) is 45.9 Å². The third-order valence-corrected chi connectivity index (χ3v) is 9.41. The predicted octanol–water partition coefficient (Wildman–Crippen LogP) is 5.37. The molecule has 0 bridgehead atoms. The number of terminal acetylenes is 1. The molecule has 1 aliphatic carbocycles. The molecule has 2 aliphatic rings. The lowest BCUT2D eigenvalue weighted by Gasteiger charge is -2.36. The molecule has 3 atom stereocenters. The fraction of sp³-hybridized carbons (Fsp3) is 0.559. The summed E-state index contributed by atoms with van der Waals surface area (Å²) in [5, 5.41) is 3.71. The van der Waals surface area contributed by atoms with Gasteiger partial charge in [-0.3, -0.25) is 19.3 Å². The maximum Gasteiger partial charge on any atom is 0.410 e. The smallest absolute Gasteiger partial charge is 0.410 e. The number of amides is 3. The SMILES string of the molecule is C#CCOc1cccc(C(=O)c2cnc([C@@H]3CCCN3C(=O)[C@@H](NC(=O)[C@H](C)N(C)C(=O)OC(C)(C)C)C3CCCCC3)s2)c1. The van der Waals surface area contributed by atoms with Gasteiger partial charge in [0.2, 0.25) is 17.6 Å². The van der Waals surface area contributed by atoms with Gasteiger partial charge in [-0.05, 0) is 71.4 Å². The summed E-state index contributed by atoms with van der Waals surface area (Å²) < 4.78 is 10.9. The van der Waals surface area contributed by atoms with Gasteiger partial charge in [-0.1, -0.05) is 37.3 Å². The summed E-state index contributed by atoms with van der Waals surface area (Å²) in [7, 11) is 1.52. The molecule has 1 saturated carbocycles. The third kappa shape index (κ3) is 8.63. The van der Waals surface area contributed by atoms with Gasteiger partial charge in [0.25, 0.3) is 0 Å². The molecule has 45 heavy (non-hydrogen) atoms. The van der Waals surface area contributed by atoms with Gasteiger partial charge in [0.15, 0.2) is 0 Å². The molecule has 4 rings (SSSR count). The average Bonchev–Trinajstić information content (AvgIpc) is 3.71. The van der Waals surface area contributed by atoms with Crippen LogP contribution in [0.1, 0.15) is 98.9 Å². The summed E-state index contributed by atoms with van der Waals surface area (Å²) >= 11 is 1.28. The largest absolute Gasteiger partial charge is 0.481 e. The van der Waals surface area contributed by atoms with E-state index in [4.69, 9.17) is 15.9 Å². The Morgan fingerprint density at radius 3 is 2.58 bits per heavy atom. The Morgan fingerprint density at radius 1 is 1.16 bits per heavy atom. The molecule has 1 N–H and O–H groups in total. The Kier molecular flexibility index (Phi) is 11.3. The first-order valence-corrected chi connectivity index (χ1v) is 16.4. The van der Waals surface area contributed by atoms with Crippen LogP contribution in [0.15, 0.2) is 30.5 Å². The second kappa shape index (κ2) is 14.9. The van der Waals surface area contributed by atoms with Crippen LogP contribution in [0.25, 0.3) is 0 Å². The molecular weight excluding hydrogens is 592 g/mol. The van der Waals surface area contributed by atoms with Crippen molar-refractivity contribution in [1.82, 2.24) is 20.1 Å². The molecule has 242 valence electrons. The number of likely N-dealkylation sites (N-methyl/N-ethyl adjacent to an activating group) is 1. The van der Waals surface area contributed by atoms with Crippen LogP contribution in [0.3, 0.4) is 0 Å². The molecule has 0 radical (unpaired) electrons. The fourth-order valence-corrected chi connectivity index (χ4v) is 6.83. The van der Waals surface area contributed by atoms with E-state index >= 15 is 0 Å². The van der Waals surface area contributed by atoms with Crippen molar-refractivity contribution >= 4 is 35.0 Å². The lowest BCUT2D eigenvalue weighted by atomic mass is 9.83. The van der Waals surface area contributed by atoms with Gasteiger partial charge in [-0.15, -0.1) is 17.8 Å². The molecule has 2 heterocycles. The second-order valence-electron chi connectivity index (χ2n) is 12.8. The quantitative estimate of drug-likeness (QED) is 0.275. The van der Waals surface area contributed by atoms with Crippen molar-refractivity contribution in [1.29, 1.82) is 0 Å². The normalized spacial score (nSPS) is 18.4. The van der Waals surface area contributed by atoms with Crippen LogP contribution in [-0.4, -0.2) is 76.4 Å². The summed E-state index contributed by atoms with van der Waals surface area (Å²) in [5.41, 5.74) is -0.238. The minimum Gasteiger partial charge on any atom is -0.481 e. The van der Waals surface area contributed by atoms with Crippen LogP contribution < -0.4 is 10.1 Å². The minimum atomic E-state index is -0.837. The van der Waals surface area contributed by atoms with Gasteiger partial charge in [0.1, 0.15) is 35.0 Å². The average molecular weight is 637 g/mol. The number of aromatic nitrogens is 1. The molecule has 11 heteroatoms. The molecule has 1 aromatic heterocycles. The number of ketones is 1. The number of rotatable bonds is 10. The lowest BCUT2D eigenvalue weighted by molar-refractivity contribution is -0.140. The van der Waals surface area contributed by atoms with Crippen LogP contribution in [0.5, 0.6) is 5.75 Å². The topological polar surface area (TPSA) is 118 Å². The number of hydrogen-bond acceptors (Lipinski definition) is 8. The zero-order valence-corrected chi connectivity index (χ0v) is 27.7. The summed E-state index contributed by atoms with van der Waals surface area (Å²) in [6.45, 7) is 7.58. The van der Waals surface area contributed by atoms with Gasteiger partial charge in [-0.2, -0.15) is 0 Å². The molecular formula is C34H44N4O6S. The Balaban J connectivity index is 1.50. The zero-order chi connectivity index (χ0) is 32.7. The molecule has 0 spiro atoms. The van der Waals surface area contributed by atoms with E-state index < -0.39 is 29.7 Å². The first-order valence-electron chi connectivity index (χ1n) is 15.6. The summed E-state index contributed by atoms with van der Waals surface area (Å²) in [4.78, 5) is 61.8. The molecule has 10 nitrogen and oxygen atoms in total. The third-order valence-electron chi connectivity index (χ3n) is 8.31. The van der Waals surface area contributed by atoms with E-state index in [0.29, 0.717) is 34.2 Å². The molecule has 1 saturated heterocycles. The highest BCUT2D eigenvalue weighted by Gasteiger charge is 2.41. The number of ether oxygens (including phenoxy) is 2. The standard InChI is InChI=1S/C34H44N4O6S/c1-7-19-43-25-16-11-15-24(20-25)29(39)27-21-35-31(45-27)26-17-12-18-38(26)32(41)28(23-13-9-8-10-14-23)36-30(40)22(2)37(6)33(42)44-34(3,4)5/h1,11,15-16,20-23,26,28H,8-10,12-14,17-19H2,2-6H3,(H,36,40)/t22-,26-,28-/m0/s1. The first kappa shape index (κ1) is 34.0. The highest BCUT2D eigenvalue weighted by molar-refractivity contribution is 7.13. The van der Waals surface area contributed by atoms with Crippen molar-refractivity contribution in [2.45, 2.75) is 96.4 Å². The van der Waals surface area contributed by atoms with Crippen molar-refractivity contribution in [2.75, 3.05) is 20.2 Å². The van der Waals surface area contributed by atoms with Crippen molar-refractivity contribution in [2.24, 2.45) is 5.92 Å². The van der Waals surface area contributed by atoms with Gasteiger partial charge in [-0.25, -0.2) is 9.78 Å². The van der Waals surface area contributed by atoms with E-state index in [1.165, 1.54) is 23.3 Å². The Morgan fingerprint density at radius 2 is 1.89 bits per heavy atom. The van der Waals surface area contributed by atoms with Crippen molar-refractivity contribution in [3.63, 3.8) is 0 Å². The zero-order valence-electron chi connectivity index (χ0n) is 26.8. The Labute approximate surface area is 269 Å². The second-order valence-corrected chi connectivity index (χ2v) is 13.8. The van der Waals surface area contributed by atoms with E-state index in [2.05, 4.69) is 16.2 Å². The van der Waals surface area contributed by atoms with E-state index in [-0.39, 0.29) is 30.3 Å². The maximum absolute atomic E-state index is 14.3. The molecule has 1 aliphatic heterocycles. The van der Waals surface area contributed by atoms with Gasteiger partial charge in [0, 0.05) is 25.4 Å². The van der Waals surface area contributed by atoms with Gasteiger partial charge < -0.3 is 19.7 Å². The van der Waals surface area contributed by atoms with Crippen molar-refractivity contribution < 1.29 is 28.7 Å². The number of nitrogens with one attached hydrogen (secondary N) is 1. The Hall–Kier alpha value is -3.91. The monoisotopic (exact) mass is 636 g/mol. The molecule has 2 fully saturated rings. The highest BCUT2D eigenvalue weighted by atomic mass is 32.1. The summed E-state index contributed by atoms with van der Waals surface area (Å²) in [5.74, 6) is 2.19. The number of carbonyl (C=O) groups excluding carboxylic acids is 4. The van der Waals surface area contributed by atoms with Crippen LogP contribution in [0.2, 0.25) is 0 Å². The molecule has 2 aromatic rings. The van der Waals surface area contributed by atoms with Crippen molar-refractivity contribution in [3.8, 4) is 18.1 Å². The van der Waals surface area contributed by atoms with Crippen LogP contribution in [0.4, 0.5) is 4.79 Å². The first-order chi connectivity index (χ1) is 21.4.